The van der Waals surface area contributed by atoms with Crippen LogP contribution in [0.1, 0.15) is 12.1 Å². The number of ether oxygens (including phenoxy) is 1. The van der Waals surface area contributed by atoms with Crippen LogP contribution >= 0.6 is 25.8 Å². The van der Waals surface area contributed by atoms with Crippen LogP contribution in [0, 0.1) is 5.82 Å². The molecule has 15 nitrogen and oxygen atoms in total. The van der Waals surface area contributed by atoms with Crippen molar-refractivity contribution in [2.75, 3.05) is 13.2 Å². The molecule has 1 saturated heterocycles. The minimum atomic E-state index is -4.35. The Hall–Kier alpha value is -2.18. The van der Waals surface area contributed by atoms with Crippen LogP contribution in [0.25, 0.3) is 22.2 Å². The predicted molar refractivity (Wildman–Crippen MR) is 139 cm³/mol. The molecule has 4 aromatic rings. The first-order valence-corrected chi connectivity index (χ1v) is 16.8. The molecule has 2 aliphatic heterocycles. The summed E-state index contributed by atoms with van der Waals surface area (Å²) in [5.41, 5.74) is -0.194. The van der Waals surface area contributed by atoms with Crippen LogP contribution < -0.4 is 5.56 Å². The van der Waals surface area contributed by atoms with E-state index < -0.39 is 68.1 Å². The molecule has 2 bridgehead atoms. The van der Waals surface area contributed by atoms with Crippen molar-refractivity contribution in [3.8, 4) is 0 Å². The molecule has 0 saturated carbocycles. The minimum absolute atomic E-state index is 0.0843. The fraction of sp³-hybridized carbons (Fsp3) is 0.421. The fourth-order valence-electron chi connectivity index (χ4n) is 4.45. The van der Waals surface area contributed by atoms with Gasteiger partial charge in [0.1, 0.15) is 41.9 Å². The smallest absolute Gasteiger partial charge is 0.346 e. The number of hydrogen-bond donors (Lipinski definition) is 3. The van der Waals surface area contributed by atoms with Gasteiger partial charge in [0.25, 0.3) is 5.56 Å². The summed E-state index contributed by atoms with van der Waals surface area (Å²) in [4.78, 5) is 41.4. The van der Waals surface area contributed by atoms with Gasteiger partial charge in [-0.3, -0.25) is 13.8 Å². The average molecular weight is 637 g/mol. The number of hydrogen-bond acceptors (Lipinski definition) is 12. The third-order valence-electron chi connectivity index (χ3n) is 6.18. The van der Waals surface area contributed by atoms with E-state index in [-0.39, 0.29) is 24.6 Å². The lowest BCUT2D eigenvalue weighted by Gasteiger charge is -2.24. The molecule has 0 radical (unpaired) electrons. The van der Waals surface area contributed by atoms with E-state index in [1.807, 2.05) is 0 Å². The highest BCUT2D eigenvalue weighted by Crippen LogP contribution is 2.58. The largest absolute Gasteiger partial charge is 0.387 e. The molecule has 40 heavy (non-hydrogen) atoms. The fourth-order valence-corrected chi connectivity index (χ4v) is 6.95. The first-order chi connectivity index (χ1) is 19.0. The van der Waals surface area contributed by atoms with Gasteiger partial charge in [-0.15, -0.1) is 0 Å². The predicted octanol–water partition coefficient (Wildman–Crippen LogP) is 2.14. The lowest BCUT2D eigenvalue weighted by atomic mass is 10.1. The van der Waals surface area contributed by atoms with Gasteiger partial charge in [0.2, 0.25) is 0 Å². The molecule has 2 aliphatic rings. The second-order valence-corrected chi connectivity index (χ2v) is 14.4. The molecule has 214 valence electrons. The Bertz CT molecular complexity index is 1750. The van der Waals surface area contributed by atoms with E-state index in [1.165, 1.54) is 12.5 Å². The number of alkyl halides is 1. The van der Waals surface area contributed by atoms with Crippen molar-refractivity contribution in [2.24, 2.45) is 0 Å². The van der Waals surface area contributed by atoms with Crippen LogP contribution in [0.3, 0.4) is 0 Å². The standard InChI is InChI=1S/C19H19F2N7O8P2S2/c20-9-4-28(17-13(9)18(29)25-8-24-17)19-15-14(21)11(35-19)5-33-37(30,39)32-2-1-27-12(6-34-38(31,40)36-15)26-10-3-22-7-23-16(10)27/h3-4,7-8,11,14-15,19H,1-2,5-6H2,(H,30,39)(H,31,40)(H,24,25,29)/t11-,14-,15-,19-,37?,38?/m1/s1. The summed E-state index contributed by atoms with van der Waals surface area (Å²) >= 11 is 9.07. The van der Waals surface area contributed by atoms with Gasteiger partial charge < -0.3 is 32.8 Å². The highest BCUT2D eigenvalue weighted by molar-refractivity contribution is 8.44. The molecule has 4 aromatic heterocycles. The number of nitrogens with one attached hydrogen (secondary N) is 1. The van der Waals surface area contributed by atoms with E-state index in [0.717, 1.165) is 17.1 Å². The molecule has 0 aromatic carbocycles. The number of imidazole rings is 1. The first-order valence-electron chi connectivity index (χ1n) is 11.5. The number of fused-ring (bicyclic) bond motifs is 6. The number of halogens is 2. The van der Waals surface area contributed by atoms with E-state index in [1.54, 1.807) is 4.57 Å². The molecule has 2 unspecified atom stereocenters. The van der Waals surface area contributed by atoms with E-state index in [4.69, 9.17) is 34.6 Å². The van der Waals surface area contributed by atoms with Gasteiger partial charge in [-0.1, -0.05) is 12.2 Å². The normalized spacial score (nSPS) is 32.1. The lowest BCUT2D eigenvalue weighted by molar-refractivity contribution is -0.0453. The Balaban J connectivity index is 1.39. The van der Waals surface area contributed by atoms with Gasteiger partial charge in [0, 0.05) is 12.7 Å². The van der Waals surface area contributed by atoms with Gasteiger partial charge in [-0.25, -0.2) is 33.3 Å². The lowest BCUT2D eigenvalue weighted by Crippen LogP contribution is -2.32. The molecular weight excluding hydrogens is 618 g/mol. The molecule has 6 atom stereocenters. The van der Waals surface area contributed by atoms with Crippen LogP contribution in [0.15, 0.2) is 29.8 Å². The summed E-state index contributed by atoms with van der Waals surface area (Å²) in [7, 11) is 0. The molecule has 0 spiro atoms. The third kappa shape index (κ3) is 5.27. The van der Waals surface area contributed by atoms with Crippen molar-refractivity contribution >= 4 is 59.8 Å². The summed E-state index contributed by atoms with van der Waals surface area (Å²) in [6.07, 6.45) is -2.11. The number of aromatic amines is 1. The maximum Gasteiger partial charge on any atom is 0.387 e. The quantitative estimate of drug-likeness (QED) is 0.205. The molecular formula is C19H19F2N7O8P2S2. The van der Waals surface area contributed by atoms with E-state index in [9.17, 15) is 18.6 Å². The van der Waals surface area contributed by atoms with Gasteiger partial charge >= 0.3 is 13.5 Å². The van der Waals surface area contributed by atoms with Gasteiger partial charge in [-0.05, 0) is 11.8 Å². The Morgan fingerprint density at radius 2 is 2.08 bits per heavy atom. The van der Waals surface area contributed by atoms with Crippen LogP contribution in [-0.4, -0.2) is 70.5 Å². The average Bonchev–Trinajstić information content (AvgIpc) is 3.53. The SMILES string of the molecule is O=c1[nH]cnc2c1c(F)cn2[C@@H]1O[C@@H]2COP(O)(=S)OCCn3c(nc4cncnc43)COP(=O)(S)O[C@@H]1[C@@H]2F. The summed E-state index contributed by atoms with van der Waals surface area (Å²) < 4.78 is 73.8. The number of H-pyrrole nitrogens is 1. The molecule has 6 heterocycles. The van der Waals surface area contributed by atoms with Crippen molar-refractivity contribution in [3.63, 3.8) is 0 Å². The number of aromatic nitrogens is 7. The molecule has 0 aliphatic carbocycles. The van der Waals surface area contributed by atoms with E-state index in [0.29, 0.717) is 11.2 Å². The Morgan fingerprint density at radius 3 is 2.90 bits per heavy atom. The maximum absolute atomic E-state index is 15.8. The van der Waals surface area contributed by atoms with Crippen molar-refractivity contribution in [1.29, 1.82) is 0 Å². The Labute approximate surface area is 232 Å². The van der Waals surface area contributed by atoms with Crippen LogP contribution in [0.4, 0.5) is 8.78 Å². The first kappa shape index (κ1) is 28.0. The van der Waals surface area contributed by atoms with Crippen molar-refractivity contribution in [1.82, 2.24) is 34.1 Å². The van der Waals surface area contributed by atoms with Crippen molar-refractivity contribution in [2.45, 2.75) is 37.8 Å². The molecule has 1 fully saturated rings. The maximum atomic E-state index is 15.8. The topological polar surface area (TPSA) is 178 Å². The summed E-state index contributed by atoms with van der Waals surface area (Å²) in [6, 6.07) is 0. The zero-order chi connectivity index (χ0) is 28.2. The highest BCUT2D eigenvalue weighted by atomic mass is 32.7. The number of nitrogens with zero attached hydrogens (tertiary/aromatic N) is 6. The summed E-state index contributed by atoms with van der Waals surface area (Å²) in [5.74, 6) is -0.745. The van der Waals surface area contributed by atoms with Crippen LogP contribution in [-0.2, 0) is 52.4 Å². The zero-order valence-corrected chi connectivity index (χ0v) is 23.4. The highest BCUT2D eigenvalue weighted by Gasteiger charge is 2.51. The monoisotopic (exact) mass is 637 g/mol. The van der Waals surface area contributed by atoms with Crippen molar-refractivity contribution < 1.29 is 41.1 Å². The summed E-state index contributed by atoms with van der Waals surface area (Å²) in [6.45, 7) is -9.34. The Kier molecular flexibility index (Phi) is 7.40. The minimum Gasteiger partial charge on any atom is -0.346 e. The van der Waals surface area contributed by atoms with Gasteiger partial charge in [-0.2, -0.15) is 0 Å². The second kappa shape index (κ2) is 10.6. The second-order valence-electron chi connectivity index (χ2n) is 8.64. The van der Waals surface area contributed by atoms with Gasteiger partial charge in [0.05, 0.1) is 25.7 Å². The number of rotatable bonds is 1. The summed E-state index contributed by atoms with van der Waals surface area (Å²) in [5, 5.41) is -0.409. The molecule has 0 amide bonds. The van der Waals surface area contributed by atoms with Crippen LogP contribution in [0.5, 0.6) is 0 Å². The molecule has 21 heteroatoms. The number of thiol groups is 1. The zero-order valence-electron chi connectivity index (χ0n) is 19.9. The van der Waals surface area contributed by atoms with Crippen LogP contribution in [0.2, 0.25) is 0 Å². The molecule has 6 rings (SSSR count). The van der Waals surface area contributed by atoms with Crippen molar-refractivity contribution in [3.05, 3.63) is 47.0 Å². The van der Waals surface area contributed by atoms with E-state index in [2.05, 4.69) is 37.2 Å². The molecule has 2 N–H and O–H groups in total. The van der Waals surface area contributed by atoms with E-state index >= 15 is 4.39 Å². The van der Waals surface area contributed by atoms with Gasteiger partial charge in [0.15, 0.2) is 29.5 Å². The third-order valence-corrected chi connectivity index (χ3v) is 9.39. The Morgan fingerprint density at radius 1 is 1.25 bits per heavy atom.